The average Bonchev–Trinajstić information content (AvgIpc) is 3.73. The smallest absolute Gasteiger partial charge is 0.386 e. The number of imidazole rings is 2. The second kappa shape index (κ2) is 11.9. The molecule has 4 aromatic rings. The molecular formula is C22H22Cl2N6O11P2S2. The van der Waals surface area contributed by atoms with Crippen LogP contribution in [0.1, 0.15) is 12.5 Å². The van der Waals surface area contributed by atoms with Gasteiger partial charge in [-0.05, 0) is 23.9 Å². The fourth-order valence-corrected chi connectivity index (χ4v) is 8.55. The highest BCUT2D eigenvalue weighted by molar-refractivity contribution is 8.44. The van der Waals surface area contributed by atoms with E-state index in [-0.39, 0.29) is 21.2 Å². The van der Waals surface area contributed by atoms with Crippen molar-refractivity contribution < 1.29 is 47.2 Å². The summed E-state index contributed by atoms with van der Waals surface area (Å²) >= 11 is 21.7. The van der Waals surface area contributed by atoms with Crippen LogP contribution in [-0.2, 0) is 43.9 Å². The number of aromatic amines is 1. The quantitative estimate of drug-likeness (QED) is 0.147. The number of thiol groups is 1. The van der Waals surface area contributed by atoms with Gasteiger partial charge in [-0.25, -0.2) is 19.5 Å². The van der Waals surface area contributed by atoms with E-state index in [1.54, 1.807) is 0 Å². The molecule has 0 aliphatic carbocycles. The predicted molar refractivity (Wildman–Crippen MR) is 162 cm³/mol. The van der Waals surface area contributed by atoms with E-state index in [0.717, 1.165) is 6.33 Å². The van der Waals surface area contributed by atoms with Gasteiger partial charge in [0.15, 0.2) is 23.6 Å². The SMILES string of the molecule is O=c1[nH]cnc2c1ncn2[C@@H]1O[C@@H]2COP(O)(=S)OC3[C@@H](O)[C@@H](COP(=O)(S)O[C@H]1C2O)O[C@H]3n1cnc2cc(Cl)c(Cl)cc21. The van der Waals surface area contributed by atoms with E-state index >= 15 is 0 Å². The van der Waals surface area contributed by atoms with E-state index in [0.29, 0.717) is 11.0 Å². The highest BCUT2D eigenvalue weighted by Gasteiger charge is 2.52. The Balaban J connectivity index is 1.22. The largest absolute Gasteiger partial charge is 0.387 e. The number of aromatic nitrogens is 6. The van der Waals surface area contributed by atoms with Crippen molar-refractivity contribution in [2.45, 2.75) is 49.1 Å². The number of aliphatic hydroxyl groups is 2. The number of ether oxygens (including phenoxy) is 2. The monoisotopic (exact) mass is 742 g/mol. The number of halogens is 2. The summed E-state index contributed by atoms with van der Waals surface area (Å²) in [6.45, 7) is -9.59. The summed E-state index contributed by atoms with van der Waals surface area (Å²) < 4.78 is 50.9. The number of benzene rings is 1. The Kier molecular flexibility index (Phi) is 8.46. The molecule has 0 saturated carbocycles. The van der Waals surface area contributed by atoms with Crippen LogP contribution in [0.5, 0.6) is 0 Å². The molecule has 7 rings (SSSR count). The summed E-state index contributed by atoms with van der Waals surface area (Å²) in [5.74, 6) is 0. The van der Waals surface area contributed by atoms with Gasteiger partial charge in [-0.15, -0.1) is 0 Å². The van der Waals surface area contributed by atoms with E-state index in [1.807, 2.05) is 0 Å². The van der Waals surface area contributed by atoms with Crippen LogP contribution in [0.25, 0.3) is 22.2 Å². The van der Waals surface area contributed by atoms with Crippen LogP contribution in [0.2, 0.25) is 10.0 Å². The van der Waals surface area contributed by atoms with Crippen molar-refractivity contribution in [3.8, 4) is 0 Å². The Morgan fingerprint density at radius 3 is 2.31 bits per heavy atom. The molecule has 4 unspecified atom stereocenters. The zero-order valence-corrected chi connectivity index (χ0v) is 27.3. The first-order chi connectivity index (χ1) is 21.3. The van der Waals surface area contributed by atoms with Gasteiger partial charge in [-0.3, -0.25) is 22.9 Å². The summed E-state index contributed by atoms with van der Waals surface area (Å²) in [6.07, 6.45) is -6.97. The van der Waals surface area contributed by atoms with E-state index in [9.17, 15) is 24.5 Å². The number of nitrogens with one attached hydrogen (secondary N) is 1. The van der Waals surface area contributed by atoms with Crippen molar-refractivity contribution in [2.75, 3.05) is 13.2 Å². The van der Waals surface area contributed by atoms with Gasteiger partial charge in [0.05, 0.1) is 53.3 Å². The number of fused-ring (bicyclic) bond motifs is 6. The van der Waals surface area contributed by atoms with Crippen LogP contribution in [-0.4, -0.2) is 94.0 Å². The van der Waals surface area contributed by atoms with Crippen molar-refractivity contribution in [3.63, 3.8) is 0 Å². The Labute approximate surface area is 272 Å². The fraction of sp³-hybridized carbons (Fsp3) is 0.455. The minimum Gasteiger partial charge on any atom is -0.387 e. The molecule has 17 nitrogen and oxygen atoms in total. The van der Waals surface area contributed by atoms with Gasteiger partial charge in [0.1, 0.15) is 36.6 Å². The Hall–Kier alpha value is -1.51. The lowest BCUT2D eigenvalue weighted by atomic mass is 10.1. The van der Waals surface area contributed by atoms with Crippen LogP contribution >= 0.6 is 49.0 Å². The highest BCUT2D eigenvalue weighted by Crippen LogP contribution is 2.58. The third kappa shape index (κ3) is 5.92. The zero-order valence-electron chi connectivity index (χ0n) is 22.3. The van der Waals surface area contributed by atoms with Crippen molar-refractivity contribution in [1.82, 2.24) is 29.1 Å². The highest BCUT2D eigenvalue weighted by atomic mass is 35.5. The lowest BCUT2D eigenvalue weighted by Crippen LogP contribution is -2.37. The summed E-state index contributed by atoms with van der Waals surface area (Å²) in [6, 6.07) is 3.07. The van der Waals surface area contributed by atoms with Crippen molar-refractivity contribution in [3.05, 3.63) is 51.5 Å². The first kappa shape index (κ1) is 32.1. The number of rotatable bonds is 2. The van der Waals surface area contributed by atoms with Gasteiger partial charge in [-0.1, -0.05) is 35.5 Å². The van der Waals surface area contributed by atoms with E-state index < -0.39 is 81.4 Å². The van der Waals surface area contributed by atoms with Crippen molar-refractivity contribution in [2.24, 2.45) is 0 Å². The molecule has 242 valence electrons. The molecule has 3 aliphatic heterocycles. The molecule has 1 aromatic carbocycles. The van der Waals surface area contributed by atoms with E-state index in [1.165, 1.54) is 33.9 Å². The van der Waals surface area contributed by atoms with Crippen molar-refractivity contribution in [1.29, 1.82) is 0 Å². The molecular weight excluding hydrogens is 721 g/mol. The van der Waals surface area contributed by atoms with Crippen LogP contribution in [0.3, 0.4) is 0 Å². The minimum absolute atomic E-state index is 0.0303. The molecule has 10 atom stereocenters. The average molecular weight is 743 g/mol. The Bertz CT molecular complexity index is 1950. The van der Waals surface area contributed by atoms with Crippen LogP contribution in [0, 0.1) is 0 Å². The van der Waals surface area contributed by atoms with E-state index in [2.05, 4.69) is 32.2 Å². The second-order valence-corrected chi connectivity index (χ2v) is 16.7. The Morgan fingerprint density at radius 1 is 0.956 bits per heavy atom. The minimum atomic E-state index is -4.33. The summed E-state index contributed by atoms with van der Waals surface area (Å²) in [7, 11) is 0. The normalized spacial score (nSPS) is 37.7. The third-order valence-corrected chi connectivity index (χ3v) is 11.4. The molecule has 4 N–H and O–H groups in total. The van der Waals surface area contributed by atoms with Gasteiger partial charge in [-0.2, -0.15) is 0 Å². The van der Waals surface area contributed by atoms with Crippen LogP contribution in [0.4, 0.5) is 0 Å². The number of nitrogens with zero attached hydrogens (tertiary/aromatic N) is 5. The first-order valence-electron chi connectivity index (χ1n) is 13.0. The number of hydrogen-bond acceptors (Lipinski definition) is 14. The maximum Gasteiger partial charge on any atom is 0.386 e. The molecule has 0 amide bonds. The molecule has 3 saturated heterocycles. The molecule has 0 radical (unpaired) electrons. The molecule has 4 bridgehead atoms. The summed E-state index contributed by atoms with van der Waals surface area (Å²) in [5.41, 5.74) is 0.412. The number of aliphatic hydroxyl groups excluding tert-OH is 2. The van der Waals surface area contributed by atoms with E-state index in [4.69, 9.17) is 62.6 Å². The van der Waals surface area contributed by atoms with Gasteiger partial charge in [0.25, 0.3) is 5.56 Å². The topological polar surface area (TPSA) is 215 Å². The maximum absolute atomic E-state index is 13.5. The molecule has 45 heavy (non-hydrogen) atoms. The third-order valence-electron chi connectivity index (χ3n) is 7.47. The summed E-state index contributed by atoms with van der Waals surface area (Å²) in [5, 5.41) is 22.9. The first-order valence-corrected chi connectivity index (χ1v) is 19.1. The summed E-state index contributed by atoms with van der Waals surface area (Å²) in [4.78, 5) is 38.1. The van der Waals surface area contributed by atoms with Gasteiger partial charge >= 0.3 is 13.5 Å². The Morgan fingerprint density at radius 2 is 1.58 bits per heavy atom. The molecule has 3 aliphatic rings. The predicted octanol–water partition coefficient (Wildman–Crippen LogP) is 2.06. The number of H-pyrrole nitrogens is 1. The van der Waals surface area contributed by atoms with Gasteiger partial charge in [0, 0.05) is 0 Å². The second-order valence-electron chi connectivity index (χ2n) is 10.2. The van der Waals surface area contributed by atoms with Crippen LogP contribution in [0.15, 0.2) is 35.9 Å². The molecule has 23 heteroatoms. The molecule has 0 spiro atoms. The molecule has 3 aromatic heterocycles. The number of hydrogen-bond donors (Lipinski definition) is 5. The lowest BCUT2D eigenvalue weighted by Gasteiger charge is -2.27. The van der Waals surface area contributed by atoms with Gasteiger partial charge < -0.3 is 38.7 Å². The maximum atomic E-state index is 13.5. The zero-order chi connectivity index (χ0) is 31.8. The van der Waals surface area contributed by atoms with Gasteiger partial charge in [0.2, 0.25) is 0 Å². The fourth-order valence-electron chi connectivity index (χ4n) is 5.37. The van der Waals surface area contributed by atoms with Crippen LogP contribution < -0.4 is 5.56 Å². The lowest BCUT2D eigenvalue weighted by molar-refractivity contribution is -0.0599. The standard InChI is InChI=1S/C22H22Cl2N6O11P2S2/c23-8-1-10-11(2-9(8)24)29(6-27-10)21-17-15(31)12(38-21)3-36-43(35,45)41-18-16(32)13(4-37-42(34,44)40-17)39-22(18)30-7-28-14-19(30)25-5-26-20(14)33/h1-2,5-7,12-13,15-18,21-22,31-32H,3-4H2,(H,34,44)(H,35,45)(H,25,26,33)/t12-,13-,15+,16?,17?,18+,21-,22-,42?,43?/m1/s1. The molecule has 6 heterocycles. The molecule has 3 fully saturated rings. The van der Waals surface area contributed by atoms with Crippen molar-refractivity contribution >= 4 is 83.0 Å².